The van der Waals surface area contributed by atoms with Gasteiger partial charge in [0.25, 0.3) is 11.8 Å². The van der Waals surface area contributed by atoms with Crippen LogP contribution in [0.1, 0.15) is 101 Å². The van der Waals surface area contributed by atoms with Gasteiger partial charge in [-0.3, -0.25) is 19.2 Å². The average molecular weight is 654 g/mol. The number of hydrogen-bond donors (Lipinski definition) is 4. The molecule has 2 atom stereocenters. The van der Waals surface area contributed by atoms with Gasteiger partial charge >= 0.3 is 0 Å². The van der Waals surface area contributed by atoms with Crippen molar-refractivity contribution >= 4 is 46.3 Å². The van der Waals surface area contributed by atoms with Gasteiger partial charge < -0.3 is 26.6 Å². The van der Waals surface area contributed by atoms with Crippen molar-refractivity contribution in [2.45, 2.75) is 70.9 Å². The smallest absolute Gasteiger partial charge is 0.271 e. The topological polar surface area (TPSA) is 159 Å². The minimum absolute atomic E-state index is 0.00987. The van der Waals surface area contributed by atoms with Gasteiger partial charge in [-0.2, -0.15) is 0 Å². The summed E-state index contributed by atoms with van der Waals surface area (Å²) in [5.41, 5.74) is 7.18. The first-order chi connectivity index (χ1) is 21.7. The average Bonchev–Trinajstić information content (AvgIpc) is 3.71. The van der Waals surface area contributed by atoms with E-state index in [1.807, 2.05) is 30.3 Å². The molecule has 1 aliphatic rings. The third-order valence-corrected chi connectivity index (χ3v) is 9.32. The van der Waals surface area contributed by atoms with Crippen molar-refractivity contribution in [3.63, 3.8) is 0 Å². The molecule has 4 amide bonds. The zero-order valence-corrected chi connectivity index (χ0v) is 27.6. The summed E-state index contributed by atoms with van der Waals surface area (Å²) in [6.07, 6.45) is 3.39. The van der Waals surface area contributed by atoms with Crippen molar-refractivity contribution in [2.75, 3.05) is 26.2 Å². The quantitative estimate of drug-likeness (QED) is 0.300. The number of nitrogens with two attached hydrogens (primary N) is 1. The predicted octanol–water partition coefficient (Wildman–Crippen LogP) is 4.00. The highest BCUT2D eigenvalue weighted by Crippen LogP contribution is 2.27. The molecular formula is C32H43N7O4S2. The van der Waals surface area contributed by atoms with Gasteiger partial charge in [-0.05, 0) is 50.1 Å². The number of amides is 4. The third-order valence-electron chi connectivity index (χ3n) is 7.41. The number of thiazole rings is 2. The van der Waals surface area contributed by atoms with Gasteiger partial charge in [0.2, 0.25) is 11.8 Å². The monoisotopic (exact) mass is 653 g/mol. The Labute approximate surface area is 272 Å². The lowest BCUT2D eigenvalue weighted by atomic mass is 10.0. The second-order valence-electron chi connectivity index (χ2n) is 11.6. The molecule has 0 saturated carbocycles. The zero-order valence-electron chi connectivity index (χ0n) is 25.9. The molecule has 2 aromatic heterocycles. The molecule has 13 heteroatoms. The van der Waals surface area contributed by atoms with Crippen LogP contribution in [0.3, 0.4) is 0 Å². The molecule has 0 saturated heterocycles. The van der Waals surface area contributed by atoms with Crippen LogP contribution in [0.25, 0.3) is 0 Å². The SMILES string of the molecule is CC(C)CC1NC(=O)CCCN(C(=O)CCCN)CCCNC(=O)c2csc(n2)[C@H](Cc2ccccc2)NC(=O)c2csc1n2. The predicted molar refractivity (Wildman–Crippen MR) is 176 cm³/mol. The van der Waals surface area contributed by atoms with Crippen LogP contribution >= 0.6 is 22.7 Å². The fourth-order valence-electron chi connectivity index (χ4n) is 5.11. The molecule has 0 spiro atoms. The van der Waals surface area contributed by atoms with Crippen LogP contribution in [-0.4, -0.2) is 64.7 Å². The Hall–Kier alpha value is -3.68. The number of benzene rings is 1. The van der Waals surface area contributed by atoms with Gasteiger partial charge in [0.05, 0.1) is 12.1 Å². The third kappa shape index (κ3) is 10.4. The van der Waals surface area contributed by atoms with Crippen molar-refractivity contribution < 1.29 is 19.2 Å². The van der Waals surface area contributed by atoms with Crippen LogP contribution in [0.15, 0.2) is 41.1 Å². The Bertz CT molecular complexity index is 1430. The van der Waals surface area contributed by atoms with Gasteiger partial charge in [0.15, 0.2) is 0 Å². The number of carbonyl (C=O) groups is 4. The molecule has 3 aromatic rings. The van der Waals surface area contributed by atoms with E-state index in [0.29, 0.717) is 74.7 Å². The lowest BCUT2D eigenvalue weighted by Gasteiger charge is -2.23. The molecule has 242 valence electrons. The van der Waals surface area contributed by atoms with Crippen molar-refractivity contribution in [1.82, 2.24) is 30.8 Å². The summed E-state index contributed by atoms with van der Waals surface area (Å²) in [5, 5.41) is 13.8. The highest BCUT2D eigenvalue weighted by atomic mass is 32.1. The van der Waals surface area contributed by atoms with E-state index in [-0.39, 0.29) is 53.4 Å². The normalized spacial score (nSPS) is 18.9. The first kappa shape index (κ1) is 34.2. The van der Waals surface area contributed by atoms with Gasteiger partial charge in [0.1, 0.15) is 21.4 Å². The first-order valence-corrected chi connectivity index (χ1v) is 17.3. The number of nitrogens with one attached hydrogen (secondary N) is 3. The number of hydrogen-bond acceptors (Lipinski definition) is 9. The lowest BCUT2D eigenvalue weighted by Crippen LogP contribution is -2.36. The first-order valence-electron chi connectivity index (χ1n) is 15.5. The maximum Gasteiger partial charge on any atom is 0.271 e. The van der Waals surface area contributed by atoms with Crippen molar-refractivity contribution in [1.29, 1.82) is 0 Å². The number of carbonyl (C=O) groups excluding carboxylic acids is 4. The molecule has 3 heterocycles. The van der Waals surface area contributed by atoms with Crippen LogP contribution in [0.4, 0.5) is 0 Å². The molecule has 4 bridgehead atoms. The van der Waals surface area contributed by atoms with Gasteiger partial charge in [0, 0.05) is 43.2 Å². The summed E-state index contributed by atoms with van der Waals surface area (Å²) < 4.78 is 0. The summed E-state index contributed by atoms with van der Waals surface area (Å²) in [4.78, 5) is 63.4. The maximum absolute atomic E-state index is 13.5. The standard InChI is InChI=1S/C32H43N7O4S2/c1-21(2)17-23-31-38-26(20-45-31)30(43)36-24(18-22-9-4-3-5-10-22)32-37-25(19-44-32)29(42)34-14-8-16-39(28(41)12-6-13-33)15-7-11-27(40)35-23/h3-5,9-10,19-21,23-24H,6-8,11-18,33H2,1-2H3,(H,34,42)(H,35,40)(H,36,43)/t23?,24-/m0/s1. The molecule has 1 aromatic carbocycles. The van der Waals surface area contributed by atoms with E-state index in [1.54, 1.807) is 15.7 Å². The van der Waals surface area contributed by atoms with E-state index in [4.69, 9.17) is 5.73 Å². The summed E-state index contributed by atoms with van der Waals surface area (Å²) in [6, 6.07) is 8.96. The van der Waals surface area contributed by atoms with Gasteiger partial charge in [-0.15, -0.1) is 22.7 Å². The van der Waals surface area contributed by atoms with Crippen molar-refractivity contribution in [3.05, 3.63) is 68.1 Å². The molecule has 0 aliphatic carbocycles. The van der Waals surface area contributed by atoms with Crippen LogP contribution < -0.4 is 21.7 Å². The molecule has 0 fully saturated rings. The molecule has 4 rings (SSSR count). The number of rotatable bonds is 7. The maximum atomic E-state index is 13.5. The van der Waals surface area contributed by atoms with E-state index in [0.717, 1.165) is 5.56 Å². The van der Waals surface area contributed by atoms with Crippen LogP contribution in [0.5, 0.6) is 0 Å². The summed E-state index contributed by atoms with van der Waals surface area (Å²) in [5.74, 6) is -0.515. The summed E-state index contributed by atoms with van der Waals surface area (Å²) in [6.45, 7) is 5.83. The molecule has 5 N–H and O–H groups in total. The minimum Gasteiger partial charge on any atom is -0.351 e. The summed E-state index contributed by atoms with van der Waals surface area (Å²) in [7, 11) is 0. The molecular weight excluding hydrogens is 611 g/mol. The Kier molecular flexibility index (Phi) is 13.0. The van der Waals surface area contributed by atoms with Crippen molar-refractivity contribution in [3.8, 4) is 0 Å². The highest BCUT2D eigenvalue weighted by molar-refractivity contribution is 7.10. The zero-order chi connectivity index (χ0) is 32.2. The Morgan fingerprint density at radius 1 is 0.956 bits per heavy atom. The lowest BCUT2D eigenvalue weighted by molar-refractivity contribution is -0.132. The molecule has 1 unspecified atom stereocenters. The fourth-order valence-corrected chi connectivity index (χ4v) is 6.82. The van der Waals surface area contributed by atoms with Crippen LogP contribution in [-0.2, 0) is 16.0 Å². The van der Waals surface area contributed by atoms with E-state index in [2.05, 4.69) is 39.8 Å². The van der Waals surface area contributed by atoms with E-state index in [1.165, 1.54) is 22.7 Å². The van der Waals surface area contributed by atoms with Crippen molar-refractivity contribution in [2.24, 2.45) is 11.7 Å². The number of nitrogens with zero attached hydrogens (tertiary/aromatic N) is 3. The fraction of sp³-hybridized carbons (Fsp3) is 0.500. The number of aromatic nitrogens is 2. The Morgan fingerprint density at radius 2 is 1.62 bits per heavy atom. The van der Waals surface area contributed by atoms with Gasteiger partial charge in [-0.25, -0.2) is 9.97 Å². The number of fused-ring (bicyclic) bond motifs is 4. The molecule has 0 radical (unpaired) electrons. The second-order valence-corrected chi connectivity index (χ2v) is 13.4. The largest absolute Gasteiger partial charge is 0.351 e. The second kappa shape index (κ2) is 17.1. The molecule has 45 heavy (non-hydrogen) atoms. The van der Waals surface area contributed by atoms with E-state index >= 15 is 0 Å². The Balaban J connectivity index is 1.60. The summed E-state index contributed by atoms with van der Waals surface area (Å²) >= 11 is 2.66. The van der Waals surface area contributed by atoms with Gasteiger partial charge in [-0.1, -0.05) is 44.2 Å². The minimum atomic E-state index is -0.482. The molecule has 11 nitrogen and oxygen atoms in total. The van der Waals surface area contributed by atoms with E-state index < -0.39 is 6.04 Å². The Morgan fingerprint density at radius 3 is 2.31 bits per heavy atom. The van der Waals surface area contributed by atoms with Crippen LogP contribution in [0.2, 0.25) is 0 Å². The van der Waals surface area contributed by atoms with E-state index in [9.17, 15) is 19.2 Å². The van der Waals surface area contributed by atoms with Crippen LogP contribution in [0, 0.1) is 5.92 Å². The highest BCUT2D eigenvalue weighted by Gasteiger charge is 2.25. The molecule has 1 aliphatic heterocycles.